The number of rotatable bonds is 7. The Morgan fingerprint density at radius 3 is 2.66 bits per heavy atom. The largest absolute Gasteiger partial charge is 0.493 e. The van der Waals surface area contributed by atoms with Gasteiger partial charge in [0.2, 0.25) is 0 Å². The van der Waals surface area contributed by atoms with E-state index in [4.69, 9.17) is 9.47 Å². The van der Waals surface area contributed by atoms with Gasteiger partial charge in [-0.3, -0.25) is 0 Å². The van der Waals surface area contributed by atoms with Gasteiger partial charge in [-0.25, -0.2) is 12.8 Å². The molecule has 2 aromatic rings. The first-order chi connectivity index (χ1) is 13.9. The highest BCUT2D eigenvalue weighted by Gasteiger charge is 2.27. The van der Waals surface area contributed by atoms with E-state index in [1.165, 1.54) is 18.4 Å². The van der Waals surface area contributed by atoms with E-state index in [2.05, 4.69) is 0 Å². The summed E-state index contributed by atoms with van der Waals surface area (Å²) in [6, 6.07) is 13.5. The summed E-state index contributed by atoms with van der Waals surface area (Å²) in [5.74, 6) is 0.830. The summed E-state index contributed by atoms with van der Waals surface area (Å²) in [7, 11) is -2.98. The molecule has 5 nitrogen and oxygen atoms in total. The first kappa shape index (κ1) is 21.3. The van der Waals surface area contributed by atoms with Gasteiger partial charge < -0.3 is 9.47 Å². The Labute approximate surface area is 171 Å². The molecule has 3 rings (SSSR count). The number of nitrogens with zero attached hydrogens (tertiary/aromatic N) is 1. The highest BCUT2D eigenvalue weighted by Crippen LogP contribution is 2.29. The monoisotopic (exact) mass is 417 g/mol. The van der Waals surface area contributed by atoms with E-state index >= 15 is 0 Å². The Morgan fingerprint density at radius 1 is 1.21 bits per heavy atom. The lowest BCUT2D eigenvalue weighted by Crippen LogP contribution is -2.33. The Hall–Kier alpha value is -2.43. The third kappa shape index (κ3) is 6.02. The summed E-state index contributed by atoms with van der Waals surface area (Å²) >= 11 is 0. The zero-order valence-corrected chi connectivity index (χ0v) is 17.1. The number of sulfone groups is 1. The standard InChI is InChI=1S/C22H24FNO4S/c1-29(25,26)11-9-16-8-10-27-14-19(16)15-28-21-5-2-17(3-6-21)22-7-4-20(23)12-18(22)13-24/h2-7,12,16,19H,8-11,14-15H2,1H3/t16?,19-/m1/s1. The van der Waals surface area contributed by atoms with Crippen molar-refractivity contribution in [3.63, 3.8) is 0 Å². The number of nitriles is 1. The molecule has 1 aliphatic rings. The van der Waals surface area contributed by atoms with E-state index < -0.39 is 15.7 Å². The second kappa shape index (κ2) is 9.38. The van der Waals surface area contributed by atoms with Crippen molar-refractivity contribution < 1.29 is 22.3 Å². The molecule has 1 aliphatic heterocycles. The van der Waals surface area contributed by atoms with Gasteiger partial charge in [0.05, 0.1) is 30.6 Å². The number of halogens is 1. The highest BCUT2D eigenvalue weighted by molar-refractivity contribution is 7.90. The zero-order valence-electron chi connectivity index (χ0n) is 16.3. The van der Waals surface area contributed by atoms with Gasteiger partial charge in [-0.05, 0) is 54.2 Å². The lowest BCUT2D eigenvalue weighted by atomic mass is 9.87. The molecule has 7 heteroatoms. The van der Waals surface area contributed by atoms with E-state index in [-0.39, 0.29) is 23.2 Å². The summed E-state index contributed by atoms with van der Waals surface area (Å²) in [6.45, 7) is 1.67. The van der Waals surface area contributed by atoms with Crippen LogP contribution in [0, 0.1) is 29.0 Å². The molecule has 0 saturated carbocycles. The summed E-state index contributed by atoms with van der Waals surface area (Å²) in [4.78, 5) is 0. The minimum absolute atomic E-state index is 0.146. The molecule has 0 spiro atoms. The van der Waals surface area contributed by atoms with Crippen LogP contribution in [0.15, 0.2) is 42.5 Å². The van der Waals surface area contributed by atoms with Gasteiger partial charge >= 0.3 is 0 Å². The van der Waals surface area contributed by atoms with E-state index in [0.717, 1.165) is 12.0 Å². The molecule has 0 bridgehead atoms. The fraction of sp³-hybridized carbons (Fsp3) is 0.409. The quantitative estimate of drug-likeness (QED) is 0.684. The lowest BCUT2D eigenvalue weighted by molar-refractivity contribution is -0.00316. The van der Waals surface area contributed by atoms with E-state index in [1.54, 1.807) is 6.07 Å². The van der Waals surface area contributed by atoms with Gasteiger partial charge in [-0.15, -0.1) is 0 Å². The Balaban J connectivity index is 1.63. The molecule has 2 aromatic carbocycles. The summed E-state index contributed by atoms with van der Waals surface area (Å²) in [5, 5.41) is 9.22. The first-order valence-corrected chi connectivity index (χ1v) is 11.6. The van der Waals surface area contributed by atoms with Crippen molar-refractivity contribution in [3.05, 3.63) is 53.8 Å². The molecule has 0 radical (unpaired) electrons. The smallest absolute Gasteiger partial charge is 0.147 e. The van der Waals surface area contributed by atoms with Gasteiger partial charge in [-0.1, -0.05) is 18.2 Å². The van der Waals surface area contributed by atoms with Gasteiger partial charge in [0.25, 0.3) is 0 Å². The molecule has 29 heavy (non-hydrogen) atoms. The van der Waals surface area contributed by atoms with Crippen molar-refractivity contribution >= 4 is 9.84 Å². The summed E-state index contributed by atoms with van der Waals surface area (Å²) in [5.41, 5.74) is 1.76. The predicted octanol–water partition coefficient (Wildman–Crippen LogP) is 3.83. The SMILES string of the molecule is CS(=O)(=O)CCC1CCOC[C@@H]1COc1ccc(-c2ccc(F)cc2C#N)cc1. The maximum atomic E-state index is 13.3. The van der Waals surface area contributed by atoms with Crippen LogP contribution in [0.1, 0.15) is 18.4 Å². The number of hydrogen-bond donors (Lipinski definition) is 0. The molecule has 2 atom stereocenters. The van der Waals surface area contributed by atoms with Crippen molar-refractivity contribution in [3.8, 4) is 22.9 Å². The molecular weight excluding hydrogens is 393 g/mol. The summed E-state index contributed by atoms with van der Waals surface area (Å²) < 4.78 is 47.7. The van der Waals surface area contributed by atoms with Crippen LogP contribution in [0.25, 0.3) is 11.1 Å². The van der Waals surface area contributed by atoms with Crippen LogP contribution >= 0.6 is 0 Å². The van der Waals surface area contributed by atoms with Crippen LogP contribution in [0.5, 0.6) is 5.75 Å². The van der Waals surface area contributed by atoms with Gasteiger partial charge in [-0.2, -0.15) is 5.26 Å². The van der Waals surface area contributed by atoms with Crippen LogP contribution < -0.4 is 4.74 Å². The van der Waals surface area contributed by atoms with Crippen LogP contribution in [0.4, 0.5) is 4.39 Å². The third-order valence-electron chi connectivity index (χ3n) is 5.22. The molecule has 154 valence electrons. The molecule has 0 N–H and O–H groups in total. The minimum Gasteiger partial charge on any atom is -0.493 e. The van der Waals surface area contributed by atoms with Crippen LogP contribution in [-0.4, -0.2) is 40.2 Å². The maximum absolute atomic E-state index is 13.3. The van der Waals surface area contributed by atoms with E-state index in [1.807, 2.05) is 30.3 Å². The zero-order chi connectivity index (χ0) is 20.9. The highest BCUT2D eigenvalue weighted by atomic mass is 32.2. The average molecular weight is 418 g/mol. The molecule has 1 heterocycles. The molecular formula is C22H24FNO4S. The number of benzene rings is 2. The molecule has 1 fully saturated rings. The van der Waals surface area contributed by atoms with E-state index in [0.29, 0.717) is 37.6 Å². The minimum atomic E-state index is -2.98. The topological polar surface area (TPSA) is 76.4 Å². The van der Waals surface area contributed by atoms with E-state index in [9.17, 15) is 18.1 Å². The van der Waals surface area contributed by atoms with Gasteiger partial charge in [0.1, 0.15) is 21.4 Å². The Morgan fingerprint density at radius 2 is 1.97 bits per heavy atom. The fourth-order valence-corrected chi connectivity index (χ4v) is 4.30. The fourth-order valence-electron chi connectivity index (χ4n) is 3.57. The van der Waals surface area contributed by atoms with Crippen molar-refractivity contribution in [2.75, 3.05) is 31.8 Å². The predicted molar refractivity (Wildman–Crippen MR) is 109 cm³/mol. The normalized spacial score (nSPS) is 19.5. The van der Waals surface area contributed by atoms with Gasteiger partial charge in [0, 0.05) is 18.8 Å². The Kier molecular flexibility index (Phi) is 6.88. The number of ether oxygens (including phenoxy) is 2. The van der Waals surface area contributed by atoms with Crippen molar-refractivity contribution in [2.45, 2.75) is 12.8 Å². The first-order valence-electron chi connectivity index (χ1n) is 9.54. The van der Waals surface area contributed by atoms with Crippen molar-refractivity contribution in [1.29, 1.82) is 5.26 Å². The van der Waals surface area contributed by atoms with Gasteiger partial charge in [0.15, 0.2) is 0 Å². The van der Waals surface area contributed by atoms with Crippen molar-refractivity contribution in [1.82, 2.24) is 0 Å². The molecule has 1 saturated heterocycles. The van der Waals surface area contributed by atoms with Crippen LogP contribution in [-0.2, 0) is 14.6 Å². The lowest BCUT2D eigenvalue weighted by Gasteiger charge is -2.31. The molecule has 0 aromatic heterocycles. The molecule has 0 aliphatic carbocycles. The molecule has 1 unspecified atom stereocenters. The second-order valence-corrected chi connectivity index (χ2v) is 9.70. The van der Waals surface area contributed by atoms with Crippen LogP contribution in [0.3, 0.4) is 0 Å². The summed E-state index contributed by atoms with van der Waals surface area (Å²) in [6.07, 6.45) is 2.72. The third-order valence-corrected chi connectivity index (χ3v) is 6.20. The Bertz CT molecular complexity index is 983. The average Bonchev–Trinajstić information content (AvgIpc) is 2.71. The molecule has 0 amide bonds. The maximum Gasteiger partial charge on any atom is 0.147 e. The van der Waals surface area contributed by atoms with Crippen LogP contribution in [0.2, 0.25) is 0 Å². The van der Waals surface area contributed by atoms with Crippen molar-refractivity contribution in [2.24, 2.45) is 11.8 Å². The second-order valence-electron chi connectivity index (χ2n) is 7.44. The number of hydrogen-bond acceptors (Lipinski definition) is 5.